The van der Waals surface area contributed by atoms with Gasteiger partial charge < -0.3 is 16.0 Å². The van der Waals surface area contributed by atoms with Gasteiger partial charge in [0.2, 0.25) is 0 Å². The minimum absolute atomic E-state index is 0.185. The van der Waals surface area contributed by atoms with Crippen molar-refractivity contribution in [2.24, 2.45) is 5.92 Å². The van der Waals surface area contributed by atoms with E-state index in [1.807, 2.05) is 13.8 Å². The van der Waals surface area contributed by atoms with E-state index in [1.54, 1.807) is 0 Å². The zero-order valence-electron chi connectivity index (χ0n) is 11.9. The number of hydrogen-bond donors (Lipinski definition) is 3. The number of anilines is 1. The van der Waals surface area contributed by atoms with Crippen LogP contribution in [-0.2, 0) is 0 Å². The molecule has 1 saturated heterocycles. The van der Waals surface area contributed by atoms with Crippen LogP contribution in [-0.4, -0.2) is 47.7 Å². The summed E-state index contributed by atoms with van der Waals surface area (Å²) >= 11 is 0. The van der Waals surface area contributed by atoms with Gasteiger partial charge in [0.25, 0.3) is 5.91 Å². The van der Waals surface area contributed by atoms with Gasteiger partial charge in [-0.1, -0.05) is 13.8 Å². The molecule has 0 aromatic carbocycles. The third kappa shape index (κ3) is 3.07. The van der Waals surface area contributed by atoms with E-state index in [0.717, 1.165) is 25.2 Å². The van der Waals surface area contributed by atoms with Gasteiger partial charge in [0.05, 0.1) is 11.4 Å². The Morgan fingerprint density at radius 1 is 1.63 bits per heavy atom. The Morgan fingerprint density at radius 3 is 2.89 bits per heavy atom. The van der Waals surface area contributed by atoms with Crippen molar-refractivity contribution < 1.29 is 4.79 Å². The fourth-order valence-corrected chi connectivity index (χ4v) is 2.49. The number of amides is 1. The molecule has 0 radical (unpaired) electrons. The standard InChI is InChI=1S/C13H23N5O/c1-8(2)11-10(14)12(17-16-11)13(19)15-6-9-4-5-18(3)7-9/h8-9H,4-7,14H2,1-3H3,(H,15,19)(H,16,17). The molecule has 1 amide bonds. The maximum Gasteiger partial charge on any atom is 0.273 e. The fraction of sp³-hybridized carbons (Fsp3) is 0.692. The van der Waals surface area contributed by atoms with Gasteiger partial charge in [-0.3, -0.25) is 9.89 Å². The van der Waals surface area contributed by atoms with Gasteiger partial charge in [-0.25, -0.2) is 0 Å². The summed E-state index contributed by atoms with van der Waals surface area (Å²) in [7, 11) is 2.10. The normalized spacial score (nSPS) is 20.1. The maximum atomic E-state index is 12.1. The summed E-state index contributed by atoms with van der Waals surface area (Å²) in [5.74, 6) is 0.575. The van der Waals surface area contributed by atoms with Crippen molar-refractivity contribution in [1.29, 1.82) is 0 Å². The Hall–Kier alpha value is -1.56. The van der Waals surface area contributed by atoms with Crippen LogP contribution in [0.4, 0.5) is 5.69 Å². The zero-order chi connectivity index (χ0) is 14.0. The number of nitrogen functional groups attached to an aromatic ring is 1. The first-order chi connectivity index (χ1) is 8.99. The molecular weight excluding hydrogens is 242 g/mol. The molecule has 0 saturated carbocycles. The van der Waals surface area contributed by atoms with Gasteiger partial charge in [-0.2, -0.15) is 5.10 Å². The number of carbonyl (C=O) groups excluding carboxylic acids is 1. The first kappa shape index (κ1) is 13.9. The van der Waals surface area contributed by atoms with E-state index in [2.05, 4.69) is 27.5 Å². The van der Waals surface area contributed by atoms with Crippen LogP contribution in [0.25, 0.3) is 0 Å². The molecule has 1 aromatic heterocycles. The lowest BCUT2D eigenvalue weighted by molar-refractivity contribution is 0.0943. The van der Waals surface area contributed by atoms with Crippen LogP contribution in [0.5, 0.6) is 0 Å². The molecule has 2 heterocycles. The lowest BCUT2D eigenvalue weighted by atomic mass is 10.1. The molecule has 6 heteroatoms. The zero-order valence-corrected chi connectivity index (χ0v) is 11.9. The number of nitrogens with one attached hydrogen (secondary N) is 2. The molecule has 0 aliphatic carbocycles. The molecule has 2 rings (SSSR count). The van der Waals surface area contributed by atoms with Crippen molar-refractivity contribution in [3.8, 4) is 0 Å². The molecule has 19 heavy (non-hydrogen) atoms. The van der Waals surface area contributed by atoms with Crippen LogP contribution in [0.3, 0.4) is 0 Å². The second-order valence-corrected chi connectivity index (χ2v) is 5.68. The number of rotatable bonds is 4. The Bertz CT molecular complexity index is 454. The number of aromatic nitrogens is 2. The SMILES string of the molecule is CC(C)c1[nH]nc(C(=O)NCC2CCN(C)C2)c1N. The first-order valence-corrected chi connectivity index (χ1v) is 6.79. The molecule has 4 N–H and O–H groups in total. The van der Waals surface area contributed by atoms with Gasteiger partial charge in [0.15, 0.2) is 5.69 Å². The molecule has 1 aliphatic heterocycles. The molecule has 0 spiro atoms. The van der Waals surface area contributed by atoms with Gasteiger partial charge in [0.1, 0.15) is 0 Å². The lowest BCUT2D eigenvalue weighted by Crippen LogP contribution is -2.31. The molecular formula is C13H23N5O. The number of aromatic amines is 1. The lowest BCUT2D eigenvalue weighted by Gasteiger charge is -2.11. The van der Waals surface area contributed by atoms with Crippen molar-refractivity contribution in [2.45, 2.75) is 26.2 Å². The number of nitrogens with two attached hydrogens (primary N) is 1. The molecule has 6 nitrogen and oxygen atoms in total. The Balaban J connectivity index is 1.93. The van der Waals surface area contributed by atoms with Crippen LogP contribution < -0.4 is 11.1 Å². The van der Waals surface area contributed by atoms with E-state index in [4.69, 9.17) is 5.73 Å². The largest absolute Gasteiger partial charge is 0.395 e. The van der Waals surface area contributed by atoms with Crippen LogP contribution >= 0.6 is 0 Å². The summed E-state index contributed by atoms with van der Waals surface area (Å²) < 4.78 is 0. The number of likely N-dealkylation sites (tertiary alicyclic amines) is 1. The van der Waals surface area contributed by atoms with E-state index >= 15 is 0 Å². The summed E-state index contributed by atoms with van der Waals surface area (Å²) in [6, 6.07) is 0. The number of nitrogens with zero attached hydrogens (tertiary/aromatic N) is 2. The molecule has 1 fully saturated rings. The van der Waals surface area contributed by atoms with E-state index in [-0.39, 0.29) is 11.8 Å². The number of H-pyrrole nitrogens is 1. The van der Waals surface area contributed by atoms with Crippen molar-refractivity contribution in [3.63, 3.8) is 0 Å². The molecule has 1 unspecified atom stereocenters. The highest BCUT2D eigenvalue weighted by Crippen LogP contribution is 2.22. The third-order valence-corrected chi connectivity index (χ3v) is 3.67. The summed E-state index contributed by atoms with van der Waals surface area (Å²) in [4.78, 5) is 14.3. The molecule has 1 aromatic rings. The average molecular weight is 265 g/mol. The highest BCUT2D eigenvalue weighted by Gasteiger charge is 2.22. The minimum Gasteiger partial charge on any atom is -0.395 e. The van der Waals surface area contributed by atoms with Gasteiger partial charge >= 0.3 is 0 Å². The molecule has 0 bridgehead atoms. The van der Waals surface area contributed by atoms with Crippen molar-refractivity contribution in [2.75, 3.05) is 32.4 Å². The van der Waals surface area contributed by atoms with Gasteiger partial charge in [-0.05, 0) is 31.8 Å². The average Bonchev–Trinajstić information content (AvgIpc) is 2.92. The van der Waals surface area contributed by atoms with Crippen molar-refractivity contribution in [1.82, 2.24) is 20.4 Å². The first-order valence-electron chi connectivity index (χ1n) is 6.79. The summed E-state index contributed by atoms with van der Waals surface area (Å²) in [5, 5.41) is 9.80. The predicted octanol–water partition coefficient (Wildman–Crippen LogP) is 0.797. The molecule has 106 valence electrons. The van der Waals surface area contributed by atoms with Crippen LogP contribution in [0, 0.1) is 5.92 Å². The smallest absolute Gasteiger partial charge is 0.273 e. The quantitative estimate of drug-likeness (QED) is 0.751. The topological polar surface area (TPSA) is 87.0 Å². The highest BCUT2D eigenvalue weighted by atomic mass is 16.1. The van der Waals surface area contributed by atoms with Crippen LogP contribution in [0.15, 0.2) is 0 Å². The number of carbonyl (C=O) groups is 1. The van der Waals surface area contributed by atoms with Crippen LogP contribution in [0.2, 0.25) is 0 Å². The fourth-order valence-electron chi connectivity index (χ4n) is 2.49. The van der Waals surface area contributed by atoms with Crippen LogP contribution in [0.1, 0.15) is 42.4 Å². The predicted molar refractivity (Wildman–Crippen MR) is 75.0 cm³/mol. The highest BCUT2D eigenvalue weighted by molar-refractivity contribution is 5.97. The second-order valence-electron chi connectivity index (χ2n) is 5.68. The number of hydrogen-bond acceptors (Lipinski definition) is 4. The van der Waals surface area contributed by atoms with E-state index in [0.29, 0.717) is 23.8 Å². The summed E-state index contributed by atoms with van der Waals surface area (Å²) in [6.07, 6.45) is 1.13. The molecule has 1 aliphatic rings. The minimum atomic E-state index is -0.185. The third-order valence-electron chi connectivity index (χ3n) is 3.67. The Morgan fingerprint density at radius 2 is 2.37 bits per heavy atom. The Labute approximate surface area is 113 Å². The maximum absolute atomic E-state index is 12.1. The van der Waals surface area contributed by atoms with Gasteiger partial charge in [-0.15, -0.1) is 0 Å². The van der Waals surface area contributed by atoms with Crippen molar-refractivity contribution >= 4 is 11.6 Å². The monoisotopic (exact) mass is 265 g/mol. The summed E-state index contributed by atoms with van der Waals surface area (Å²) in [5.41, 5.74) is 7.56. The Kier molecular flexibility index (Phi) is 4.09. The molecule has 1 atom stereocenters. The summed E-state index contributed by atoms with van der Waals surface area (Å²) in [6.45, 7) is 6.85. The van der Waals surface area contributed by atoms with E-state index < -0.39 is 0 Å². The second kappa shape index (κ2) is 5.61. The van der Waals surface area contributed by atoms with Gasteiger partial charge in [0, 0.05) is 13.1 Å². The van der Waals surface area contributed by atoms with E-state index in [1.165, 1.54) is 0 Å². The van der Waals surface area contributed by atoms with Crippen molar-refractivity contribution in [3.05, 3.63) is 11.4 Å². The van der Waals surface area contributed by atoms with E-state index in [9.17, 15) is 4.79 Å².